The Hall–Kier alpha value is -1.62. The van der Waals surface area contributed by atoms with Crippen LogP contribution in [0.3, 0.4) is 0 Å². The van der Waals surface area contributed by atoms with E-state index in [0.717, 1.165) is 6.08 Å². The van der Waals surface area contributed by atoms with Gasteiger partial charge in [-0.1, -0.05) is 13.2 Å². The van der Waals surface area contributed by atoms with Gasteiger partial charge >= 0.3 is 11.9 Å². The van der Waals surface area contributed by atoms with Gasteiger partial charge in [0.15, 0.2) is 0 Å². The largest absolute Gasteiger partial charge is 0.459 e. The first-order valence-corrected chi connectivity index (χ1v) is 5.22. The third-order valence-corrected chi connectivity index (χ3v) is 1.77. The van der Waals surface area contributed by atoms with E-state index in [2.05, 4.69) is 13.2 Å². The van der Waals surface area contributed by atoms with Gasteiger partial charge in [0, 0.05) is 18.1 Å². The maximum absolute atomic E-state index is 11.4. The number of rotatable bonds is 7. The molecule has 0 spiro atoms. The molecular weight excluding hydrogens is 224 g/mol. The van der Waals surface area contributed by atoms with E-state index in [1.807, 2.05) is 0 Å². The van der Waals surface area contributed by atoms with E-state index in [1.54, 1.807) is 13.8 Å². The van der Waals surface area contributed by atoms with Gasteiger partial charge < -0.3 is 14.6 Å². The van der Waals surface area contributed by atoms with Crippen molar-refractivity contribution in [1.82, 2.24) is 0 Å². The summed E-state index contributed by atoms with van der Waals surface area (Å²) in [6.07, 6.45) is -0.0417. The monoisotopic (exact) mass is 242 g/mol. The van der Waals surface area contributed by atoms with Crippen molar-refractivity contribution < 1.29 is 24.2 Å². The van der Waals surface area contributed by atoms with Gasteiger partial charge in [-0.2, -0.15) is 0 Å². The molecular formula is C12H18O5. The molecule has 0 bridgehead atoms. The Labute approximate surface area is 101 Å². The van der Waals surface area contributed by atoms with Crippen LogP contribution >= 0.6 is 0 Å². The molecule has 0 aliphatic carbocycles. The SMILES string of the molecule is C=CC(=O)OCC(C)OC(=O)C(=C)CC(C)O. The predicted octanol–water partition coefficient (Wildman–Crippen LogP) is 0.974. The summed E-state index contributed by atoms with van der Waals surface area (Å²) in [6, 6.07) is 0. The van der Waals surface area contributed by atoms with Crippen LogP contribution in [-0.2, 0) is 19.1 Å². The Morgan fingerprint density at radius 2 is 2.00 bits per heavy atom. The summed E-state index contributed by atoms with van der Waals surface area (Å²) >= 11 is 0. The van der Waals surface area contributed by atoms with Crippen molar-refractivity contribution in [3.05, 3.63) is 24.8 Å². The lowest BCUT2D eigenvalue weighted by molar-refractivity contribution is -0.152. The summed E-state index contributed by atoms with van der Waals surface area (Å²) in [5, 5.41) is 9.06. The summed E-state index contributed by atoms with van der Waals surface area (Å²) in [6.45, 7) is 9.83. The van der Waals surface area contributed by atoms with Gasteiger partial charge in [0.05, 0.1) is 6.10 Å². The number of carbonyl (C=O) groups excluding carboxylic acids is 2. The summed E-state index contributed by atoms with van der Waals surface area (Å²) in [5.74, 6) is -1.18. The second-order valence-electron chi connectivity index (χ2n) is 3.71. The molecule has 0 aromatic carbocycles. The molecule has 0 aromatic rings. The molecule has 0 heterocycles. The summed E-state index contributed by atoms with van der Waals surface area (Å²) in [5.41, 5.74) is 0.182. The number of aliphatic hydroxyl groups excluding tert-OH is 1. The molecule has 2 atom stereocenters. The molecule has 5 heteroatoms. The second kappa shape index (κ2) is 7.62. The van der Waals surface area contributed by atoms with E-state index in [9.17, 15) is 9.59 Å². The van der Waals surface area contributed by atoms with E-state index >= 15 is 0 Å². The highest BCUT2D eigenvalue weighted by atomic mass is 16.6. The quantitative estimate of drug-likeness (QED) is 0.532. The van der Waals surface area contributed by atoms with Crippen molar-refractivity contribution in [3.63, 3.8) is 0 Å². The molecule has 0 amide bonds. The Kier molecular flexibility index (Phi) is 6.89. The normalized spacial score (nSPS) is 13.4. The van der Waals surface area contributed by atoms with Crippen LogP contribution in [0.25, 0.3) is 0 Å². The van der Waals surface area contributed by atoms with E-state index in [1.165, 1.54) is 0 Å². The number of hydrogen-bond donors (Lipinski definition) is 1. The minimum atomic E-state index is -0.649. The molecule has 2 unspecified atom stereocenters. The summed E-state index contributed by atoms with van der Waals surface area (Å²) < 4.78 is 9.65. The molecule has 96 valence electrons. The van der Waals surface area contributed by atoms with E-state index in [-0.39, 0.29) is 18.6 Å². The lowest BCUT2D eigenvalue weighted by Crippen LogP contribution is -2.23. The van der Waals surface area contributed by atoms with Gasteiger partial charge in [0.25, 0.3) is 0 Å². The lowest BCUT2D eigenvalue weighted by Gasteiger charge is -2.14. The average Bonchev–Trinajstić information content (AvgIpc) is 2.24. The maximum Gasteiger partial charge on any atom is 0.333 e. The van der Waals surface area contributed by atoms with Gasteiger partial charge in [-0.25, -0.2) is 9.59 Å². The van der Waals surface area contributed by atoms with Crippen LogP contribution in [0.1, 0.15) is 20.3 Å². The summed E-state index contributed by atoms with van der Waals surface area (Å²) in [7, 11) is 0. The Balaban J connectivity index is 3.99. The average molecular weight is 242 g/mol. The second-order valence-corrected chi connectivity index (χ2v) is 3.71. The Morgan fingerprint density at radius 1 is 1.41 bits per heavy atom. The zero-order valence-corrected chi connectivity index (χ0v) is 10.1. The molecule has 5 nitrogen and oxygen atoms in total. The standard InChI is InChI=1S/C12H18O5/c1-5-11(14)16-7-10(4)17-12(15)8(2)6-9(3)13/h5,9-10,13H,1-2,6-7H2,3-4H3. The van der Waals surface area contributed by atoms with E-state index in [4.69, 9.17) is 14.6 Å². The lowest BCUT2D eigenvalue weighted by atomic mass is 10.1. The number of carbonyl (C=O) groups is 2. The van der Waals surface area contributed by atoms with Gasteiger partial charge in [0.2, 0.25) is 0 Å². The van der Waals surface area contributed by atoms with Gasteiger partial charge in [-0.3, -0.25) is 0 Å². The fraction of sp³-hybridized carbons (Fsp3) is 0.500. The highest BCUT2D eigenvalue weighted by molar-refractivity contribution is 5.87. The maximum atomic E-state index is 11.4. The van der Waals surface area contributed by atoms with Crippen molar-refractivity contribution in [3.8, 4) is 0 Å². The number of hydrogen-bond acceptors (Lipinski definition) is 5. The molecule has 0 saturated heterocycles. The Morgan fingerprint density at radius 3 is 2.47 bits per heavy atom. The van der Waals surface area contributed by atoms with E-state index < -0.39 is 24.1 Å². The minimum Gasteiger partial charge on any atom is -0.459 e. The van der Waals surface area contributed by atoms with Crippen LogP contribution in [0.4, 0.5) is 0 Å². The molecule has 0 saturated carbocycles. The number of esters is 2. The molecule has 0 radical (unpaired) electrons. The zero-order chi connectivity index (χ0) is 13.4. The van der Waals surface area contributed by atoms with Crippen LogP contribution in [0.15, 0.2) is 24.8 Å². The van der Waals surface area contributed by atoms with Crippen LogP contribution in [0, 0.1) is 0 Å². The first-order chi connectivity index (χ1) is 7.86. The smallest absolute Gasteiger partial charge is 0.333 e. The van der Waals surface area contributed by atoms with Crippen molar-refractivity contribution in [2.45, 2.75) is 32.5 Å². The topological polar surface area (TPSA) is 72.8 Å². The van der Waals surface area contributed by atoms with E-state index in [0.29, 0.717) is 0 Å². The highest BCUT2D eigenvalue weighted by Crippen LogP contribution is 2.07. The van der Waals surface area contributed by atoms with Crippen molar-refractivity contribution >= 4 is 11.9 Å². The van der Waals surface area contributed by atoms with Crippen LogP contribution in [0.5, 0.6) is 0 Å². The first kappa shape index (κ1) is 15.4. The van der Waals surface area contributed by atoms with Gasteiger partial charge in [-0.15, -0.1) is 0 Å². The third-order valence-electron chi connectivity index (χ3n) is 1.77. The molecule has 0 rings (SSSR count). The van der Waals surface area contributed by atoms with Crippen LogP contribution in [0.2, 0.25) is 0 Å². The van der Waals surface area contributed by atoms with Crippen LogP contribution in [-0.4, -0.2) is 35.9 Å². The number of ether oxygens (including phenoxy) is 2. The van der Waals surface area contributed by atoms with Crippen molar-refractivity contribution in [2.24, 2.45) is 0 Å². The highest BCUT2D eigenvalue weighted by Gasteiger charge is 2.15. The van der Waals surface area contributed by atoms with Crippen molar-refractivity contribution in [1.29, 1.82) is 0 Å². The van der Waals surface area contributed by atoms with Gasteiger partial charge in [-0.05, 0) is 13.8 Å². The fourth-order valence-electron chi connectivity index (χ4n) is 0.998. The van der Waals surface area contributed by atoms with Crippen LogP contribution < -0.4 is 0 Å². The predicted molar refractivity (Wildman–Crippen MR) is 62.1 cm³/mol. The summed E-state index contributed by atoms with van der Waals surface area (Å²) in [4.78, 5) is 22.2. The molecule has 1 N–H and O–H groups in total. The molecule has 17 heavy (non-hydrogen) atoms. The fourth-order valence-corrected chi connectivity index (χ4v) is 0.998. The molecule has 0 aromatic heterocycles. The molecule has 0 aliphatic rings. The zero-order valence-electron chi connectivity index (χ0n) is 10.1. The molecule has 0 fully saturated rings. The van der Waals surface area contributed by atoms with Gasteiger partial charge in [0.1, 0.15) is 12.7 Å². The first-order valence-electron chi connectivity index (χ1n) is 5.22. The number of aliphatic hydroxyl groups is 1. The molecule has 0 aliphatic heterocycles. The third kappa shape index (κ3) is 7.30. The van der Waals surface area contributed by atoms with Crippen molar-refractivity contribution in [2.75, 3.05) is 6.61 Å². The Bertz CT molecular complexity index is 306. The minimum absolute atomic E-state index is 0.0431.